The van der Waals surface area contributed by atoms with Gasteiger partial charge in [-0.25, -0.2) is 0 Å². The van der Waals surface area contributed by atoms with E-state index in [1.807, 2.05) is 18.2 Å². The van der Waals surface area contributed by atoms with E-state index in [1.165, 1.54) is 11.1 Å². The average Bonchev–Trinajstić information content (AvgIpc) is 2.79. The van der Waals surface area contributed by atoms with Crippen molar-refractivity contribution in [2.75, 3.05) is 33.9 Å². The number of aliphatic imine (C=N–C) groups is 1. The van der Waals surface area contributed by atoms with E-state index in [1.54, 1.807) is 14.2 Å². The highest BCUT2D eigenvalue weighted by Gasteiger charge is 2.21. The molecule has 0 saturated carbocycles. The molecule has 1 atom stereocenters. The van der Waals surface area contributed by atoms with Gasteiger partial charge in [0, 0.05) is 25.7 Å². The van der Waals surface area contributed by atoms with Gasteiger partial charge in [-0.3, -0.25) is 9.89 Å². The third kappa shape index (κ3) is 7.00. The Labute approximate surface area is 203 Å². The Hall–Kier alpha value is -2.00. The monoisotopic (exact) mass is 538 g/mol. The lowest BCUT2D eigenvalue weighted by Gasteiger charge is -2.34. The summed E-state index contributed by atoms with van der Waals surface area (Å²) in [5, 5.41) is 3.23. The maximum atomic E-state index is 6.12. The lowest BCUT2D eigenvalue weighted by molar-refractivity contribution is 0.178. The number of benzene rings is 2. The second kappa shape index (κ2) is 12.8. The van der Waals surface area contributed by atoms with Crippen LogP contribution in [0.25, 0.3) is 0 Å². The Balaban J connectivity index is 0.00000341. The van der Waals surface area contributed by atoms with E-state index in [4.69, 9.17) is 15.2 Å². The van der Waals surface area contributed by atoms with Crippen LogP contribution >= 0.6 is 24.0 Å². The van der Waals surface area contributed by atoms with E-state index >= 15 is 0 Å². The molecule has 1 heterocycles. The molecule has 2 aromatic rings. The van der Waals surface area contributed by atoms with Gasteiger partial charge in [-0.05, 0) is 48.1 Å². The van der Waals surface area contributed by atoms with E-state index in [9.17, 15) is 0 Å². The summed E-state index contributed by atoms with van der Waals surface area (Å²) >= 11 is 0. The minimum Gasteiger partial charge on any atom is -0.493 e. The van der Waals surface area contributed by atoms with E-state index in [2.05, 4.69) is 46.4 Å². The molecule has 7 heteroatoms. The zero-order valence-electron chi connectivity index (χ0n) is 18.8. The SMILES string of the molecule is CCC(CN=C(N)NCCc1ccc(OC)c(OC)c1)N1CCc2ccccc2C1.I. The van der Waals surface area contributed by atoms with Crippen LogP contribution in [0.5, 0.6) is 11.5 Å². The van der Waals surface area contributed by atoms with Gasteiger partial charge in [0.05, 0.1) is 20.8 Å². The van der Waals surface area contributed by atoms with Crippen molar-refractivity contribution in [2.24, 2.45) is 10.7 Å². The van der Waals surface area contributed by atoms with Gasteiger partial charge < -0.3 is 20.5 Å². The smallest absolute Gasteiger partial charge is 0.188 e. The van der Waals surface area contributed by atoms with Crippen molar-refractivity contribution in [3.05, 3.63) is 59.2 Å². The number of guanidine groups is 1. The molecule has 0 aromatic heterocycles. The summed E-state index contributed by atoms with van der Waals surface area (Å²) in [6, 6.07) is 15.1. The fourth-order valence-electron chi connectivity index (χ4n) is 3.96. The Kier molecular flexibility index (Phi) is 10.4. The number of nitrogens with two attached hydrogens (primary N) is 1. The number of hydrogen-bond acceptors (Lipinski definition) is 4. The van der Waals surface area contributed by atoms with Crippen LogP contribution in [0.2, 0.25) is 0 Å². The number of nitrogens with one attached hydrogen (secondary N) is 1. The molecule has 0 radical (unpaired) electrons. The normalized spacial score (nSPS) is 14.9. The number of nitrogens with zero attached hydrogens (tertiary/aromatic N) is 2. The molecule has 31 heavy (non-hydrogen) atoms. The summed E-state index contributed by atoms with van der Waals surface area (Å²) < 4.78 is 10.6. The van der Waals surface area contributed by atoms with Crippen molar-refractivity contribution in [3.63, 3.8) is 0 Å². The maximum Gasteiger partial charge on any atom is 0.188 e. The molecule has 1 unspecified atom stereocenters. The third-order valence-corrected chi connectivity index (χ3v) is 5.79. The Morgan fingerprint density at radius 1 is 1.13 bits per heavy atom. The molecular weight excluding hydrogens is 503 g/mol. The molecule has 0 aliphatic carbocycles. The van der Waals surface area contributed by atoms with Gasteiger partial charge in [0.2, 0.25) is 0 Å². The first-order valence-corrected chi connectivity index (χ1v) is 10.7. The van der Waals surface area contributed by atoms with Crippen molar-refractivity contribution < 1.29 is 9.47 Å². The van der Waals surface area contributed by atoms with Crippen LogP contribution in [0.4, 0.5) is 0 Å². The van der Waals surface area contributed by atoms with Crippen molar-refractivity contribution in [3.8, 4) is 11.5 Å². The van der Waals surface area contributed by atoms with Crippen molar-refractivity contribution >= 4 is 29.9 Å². The van der Waals surface area contributed by atoms with Crippen molar-refractivity contribution in [2.45, 2.75) is 38.8 Å². The second-order valence-electron chi connectivity index (χ2n) is 7.64. The fraction of sp³-hybridized carbons (Fsp3) is 0.458. The highest BCUT2D eigenvalue weighted by atomic mass is 127. The molecule has 0 fully saturated rings. The van der Waals surface area contributed by atoms with E-state index in [-0.39, 0.29) is 24.0 Å². The lowest BCUT2D eigenvalue weighted by atomic mass is 9.98. The van der Waals surface area contributed by atoms with Crippen LogP contribution in [0.1, 0.15) is 30.0 Å². The zero-order chi connectivity index (χ0) is 21.3. The molecule has 1 aliphatic heterocycles. The summed E-state index contributed by atoms with van der Waals surface area (Å²) in [5.41, 5.74) is 10.2. The average molecular weight is 538 g/mol. The minimum atomic E-state index is 0. The van der Waals surface area contributed by atoms with Gasteiger partial charge in [0.25, 0.3) is 0 Å². The predicted octanol–water partition coefficient (Wildman–Crippen LogP) is 3.61. The number of methoxy groups -OCH3 is 2. The van der Waals surface area contributed by atoms with Gasteiger partial charge in [-0.2, -0.15) is 0 Å². The summed E-state index contributed by atoms with van der Waals surface area (Å²) in [6.45, 7) is 5.74. The zero-order valence-corrected chi connectivity index (χ0v) is 21.1. The molecular formula is C24H35IN4O2. The highest BCUT2D eigenvalue weighted by molar-refractivity contribution is 14.0. The molecule has 6 nitrogen and oxygen atoms in total. The van der Waals surface area contributed by atoms with Gasteiger partial charge >= 0.3 is 0 Å². The largest absolute Gasteiger partial charge is 0.493 e. The molecule has 0 bridgehead atoms. The van der Waals surface area contributed by atoms with Gasteiger partial charge in [-0.15, -0.1) is 24.0 Å². The summed E-state index contributed by atoms with van der Waals surface area (Å²) in [5.74, 6) is 1.98. The number of fused-ring (bicyclic) bond motifs is 1. The number of ether oxygens (including phenoxy) is 2. The minimum absolute atomic E-state index is 0. The van der Waals surface area contributed by atoms with Crippen LogP contribution < -0.4 is 20.5 Å². The molecule has 1 aliphatic rings. The number of hydrogen-bond donors (Lipinski definition) is 2. The van der Waals surface area contributed by atoms with E-state index in [0.29, 0.717) is 18.5 Å². The first kappa shape index (κ1) is 25.3. The molecule has 3 rings (SSSR count). The maximum absolute atomic E-state index is 6.12. The summed E-state index contributed by atoms with van der Waals surface area (Å²) in [7, 11) is 3.29. The molecule has 170 valence electrons. The van der Waals surface area contributed by atoms with Gasteiger partial charge in [0.1, 0.15) is 0 Å². The van der Waals surface area contributed by atoms with Crippen LogP contribution in [-0.4, -0.2) is 50.8 Å². The van der Waals surface area contributed by atoms with Crippen LogP contribution in [0.15, 0.2) is 47.5 Å². The molecule has 0 spiro atoms. The lowest BCUT2D eigenvalue weighted by Crippen LogP contribution is -2.42. The Bertz CT molecular complexity index is 859. The van der Waals surface area contributed by atoms with E-state index < -0.39 is 0 Å². The number of halogens is 1. The number of rotatable bonds is 9. The van der Waals surface area contributed by atoms with Crippen LogP contribution in [0, 0.1) is 0 Å². The molecule has 2 aromatic carbocycles. The Morgan fingerprint density at radius 3 is 2.58 bits per heavy atom. The van der Waals surface area contributed by atoms with Gasteiger partial charge in [0.15, 0.2) is 17.5 Å². The molecule has 0 amide bonds. The first-order chi connectivity index (χ1) is 14.6. The van der Waals surface area contributed by atoms with Crippen molar-refractivity contribution in [1.82, 2.24) is 10.2 Å². The predicted molar refractivity (Wildman–Crippen MR) is 138 cm³/mol. The van der Waals surface area contributed by atoms with Crippen LogP contribution in [0.3, 0.4) is 0 Å². The standard InChI is InChI=1S/C24H34N4O2.HI/c1-4-21(28-14-12-19-7-5-6-8-20(19)17-28)16-27-24(25)26-13-11-18-9-10-22(29-2)23(15-18)30-3;/h5-10,15,21H,4,11-14,16-17H2,1-3H3,(H3,25,26,27);1H. The quantitative estimate of drug-likeness (QED) is 0.290. The van der Waals surface area contributed by atoms with Crippen molar-refractivity contribution in [1.29, 1.82) is 0 Å². The Morgan fingerprint density at radius 2 is 1.87 bits per heavy atom. The second-order valence-corrected chi connectivity index (χ2v) is 7.64. The summed E-state index contributed by atoms with van der Waals surface area (Å²) in [6.07, 6.45) is 3.00. The topological polar surface area (TPSA) is 72.1 Å². The molecule has 3 N–H and O–H groups in total. The third-order valence-electron chi connectivity index (χ3n) is 5.79. The van der Waals surface area contributed by atoms with E-state index in [0.717, 1.165) is 56.0 Å². The highest BCUT2D eigenvalue weighted by Crippen LogP contribution is 2.27. The van der Waals surface area contributed by atoms with Gasteiger partial charge in [-0.1, -0.05) is 37.3 Å². The fourth-order valence-corrected chi connectivity index (χ4v) is 3.96. The first-order valence-electron chi connectivity index (χ1n) is 10.7. The molecule has 0 saturated heterocycles. The van der Waals surface area contributed by atoms with Crippen LogP contribution in [-0.2, 0) is 19.4 Å². The summed E-state index contributed by atoms with van der Waals surface area (Å²) in [4.78, 5) is 7.15.